The summed E-state index contributed by atoms with van der Waals surface area (Å²) in [7, 11) is -19.4. The van der Waals surface area contributed by atoms with Crippen LogP contribution in [0.5, 0.6) is 11.5 Å². The van der Waals surface area contributed by atoms with Crippen molar-refractivity contribution in [2.45, 2.75) is 30.6 Å². The Kier molecular flexibility index (Phi) is 19.3. The predicted molar refractivity (Wildman–Crippen MR) is 289 cm³/mol. The van der Waals surface area contributed by atoms with Crippen LogP contribution in [-0.4, -0.2) is 167 Å². The van der Waals surface area contributed by atoms with Crippen molar-refractivity contribution in [3.05, 3.63) is 50.2 Å². The van der Waals surface area contributed by atoms with Gasteiger partial charge in [-0.25, -0.2) is 26.0 Å². The number of halogens is 4. The van der Waals surface area contributed by atoms with Crippen LogP contribution in [0.4, 0.5) is 40.9 Å². The first-order chi connectivity index (χ1) is 35.9. The normalized spacial score (nSPS) is 13.0. The summed E-state index contributed by atoms with van der Waals surface area (Å²) in [6.45, 7) is 0.475. The van der Waals surface area contributed by atoms with E-state index in [4.69, 9.17) is 60.1 Å². The lowest BCUT2D eigenvalue weighted by molar-refractivity contribution is 0.284. The predicted octanol–water partition coefficient (Wildman–Crippen LogP) is 4.32. The standard InChI is InChI=1S/C38H42Cl4N14O16S5.CH4/c1-4-15-74(59,60)18-56(3)38-52-34(42)50-36(54-38)46-12-10-44-22-8-6-20-28(32(22)76(64,65)66)72-30-24(40)25-29(23(39)26(30)48-20)71-27-19(47-25)5-7-21(31(27)75(61,62)63)43-9-11-45-35-49-33(41)51-37(53-35)55(2)13-16-73(57,58)17-14-70-77(67,68)69;/h5-8,43,47H,4,9-18H2,1-3H3,(H,61,62,63)(H,64,65,66)(H,67,68,69)(H,45,49,51,53)(H,46,50,52,54);1H4. The molecule has 3 aliphatic rings. The minimum atomic E-state index is -5.12. The molecule has 30 nitrogen and oxygen atoms in total. The molecule has 2 aromatic carbocycles. The van der Waals surface area contributed by atoms with Gasteiger partial charge in [0.1, 0.15) is 32.8 Å². The Balaban J connectivity index is 0.00000984. The van der Waals surface area contributed by atoms with Gasteiger partial charge in [-0.3, -0.25) is 18.7 Å². The molecule has 4 aromatic rings. The number of fused-ring (bicyclic) bond motifs is 4. The molecular formula is C39H46Cl4N14O16S5. The first-order valence-electron chi connectivity index (χ1n) is 21.8. The number of benzene rings is 3. The van der Waals surface area contributed by atoms with E-state index >= 15 is 0 Å². The maximum Gasteiger partial charge on any atom is 0.397 e. The molecule has 0 fully saturated rings. The van der Waals surface area contributed by atoms with E-state index in [0.29, 0.717) is 6.42 Å². The highest BCUT2D eigenvalue weighted by Gasteiger charge is 2.35. The molecule has 0 spiro atoms. The summed E-state index contributed by atoms with van der Waals surface area (Å²) in [5.74, 6) is -3.05. The quantitative estimate of drug-likeness (QED) is 0.0251. The second-order valence-electron chi connectivity index (χ2n) is 16.2. The van der Waals surface area contributed by atoms with Gasteiger partial charge in [-0.15, -0.1) is 0 Å². The molecule has 4 heterocycles. The third-order valence-corrected chi connectivity index (χ3v) is 17.2. The van der Waals surface area contributed by atoms with E-state index in [1.165, 1.54) is 48.2 Å². The van der Waals surface area contributed by atoms with Gasteiger partial charge in [0.15, 0.2) is 52.3 Å². The summed E-state index contributed by atoms with van der Waals surface area (Å²) in [6.07, 6.45) is 0.414. The molecule has 0 bridgehead atoms. The smallest absolute Gasteiger partial charge is 0.397 e. The van der Waals surface area contributed by atoms with Crippen molar-refractivity contribution in [1.82, 2.24) is 34.9 Å². The van der Waals surface area contributed by atoms with Crippen molar-refractivity contribution in [3.8, 4) is 23.0 Å². The summed E-state index contributed by atoms with van der Waals surface area (Å²) in [4.78, 5) is 34.2. The zero-order chi connectivity index (χ0) is 56.4. The fourth-order valence-electron chi connectivity index (χ4n) is 7.12. The average molecular weight is 1270 g/mol. The van der Waals surface area contributed by atoms with Crippen molar-refractivity contribution < 1.29 is 69.1 Å². The van der Waals surface area contributed by atoms with Gasteiger partial charge in [0, 0.05) is 40.3 Å². The molecule has 0 atom stereocenters. The number of rotatable bonds is 24. The van der Waals surface area contributed by atoms with Crippen molar-refractivity contribution in [2.24, 2.45) is 4.99 Å². The van der Waals surface area contributed by atoms with Crippen LogP contribution >= 0.6 is 46.4 Å². The van der Waals surface area contributed by atoms with E-state index in [0.717, 1.165) is 0 Å². The monoisotopic (exact) mass is 1270 g/mol. The highest BCUT2D eigenvalue weighted by Crippen LogP contribution is 2.55. The van der Waals surface area contributed by atoms with Crippen LogP contribution in [0.15, 0.2) is 43.5 Å². The van der Waals surface area contributed by atoms with Gasteiger partial charge in [0.05, 0.1) is 47.1 Å². The Bertz CT molecular complexity index is 3910. The van der Waals surface area contributed by atoms with E-state index in [9.17, 15) is 51.2 Å². The summed E-state index contributed by atoms with van der Waals surface area (Å²) in [6, 6.07) is 5.19. The average Bonchev–Trinajstić information content (AvgIpc) is 3.53. The zero-order valence-electron chi connectivity index (χ0n) is 39.8. The van der Waals surface area contributed by atoms with Crippen molar-refractivity contribution in [2.75, 3.05) is 108 Å². The summed E-state index contributed by atoms with van der Waals surface area (Å²) in [5, 5.41) is 10.1. The molecule has 0 saturated carbocycles. The lowest BCUT2D eigenvalue weighted by Crippen LogP contribution is -2.29. The van der Waals surface area contributed by atoms with E-state index < -0.39 is 89.7 Å². The maximum absolute atomic E-state index is 13.0. The minimum Gasteiger partial charge on any atom is -0.450 e. The summed E-state index contributed by atoms with van der Waals surface area (Å²) >= 11 is 25.9. The molecule has 426 valence electrons. The number of aromatic nitrogens is 7. The summed E-state index contributed by atoms with van der Waals surface area (Å²) in [5.41, 5.74) is -0.989. The van der Waals surface area contributed by atoms with E-state index in [-0.39, 0.29) is 141 Å². The fourth-order valence-corrected chi connectivity index (χ4v) is 12.5. The van der Waals surface area contributed by atoms with Crippen molar-refractivity contribution in [1.29, 1.82) is 0 Å². The lowest BCUT2D eigenvalue weighted by atomic mass is 10.1. The maximum atomic E-state index is 13.0. The molecule has 0 unspecified atom stereocenters. The van der Waals surface area contributed by atoms with Crippen LogP contribution in [0.1, 0.15) is 20.8 Å². The van der Waals surface area contributed by atoms with E-state index in [2.05, 4.69) is 65.3 Å². The molecule has 2 aliphatic heterocycles. The minimum absolute atomic E-state index is 0. The number of nitrogens with one attached hydrogen (secondary N) is 4. The lowest BCUT2D eigenvalue weighted by Gasteiger charge is -2.27. The second-order valence-corrected chi connectivity index (χ2v) is 25.9. The van der Waals surface area contributed by atoms with Crippen molar-refractivity contribution in [3.63, 3.8) is 0 Å². The number of hydrogen-bond acceptors (Lipinski definition) is 27. The van der Waals surface area contributed by atoms with E-state index in [1.807, 2.05) is 0 Å². The molecule has 2 aromatic heterocycles. The topological polar surface area (TPSA) is 420 Å². The highest BCUT2D eigenvalue weighted by molar-refractivity contribution is 7.91. The van der Waals surface area contributed by atoms with Gasteiger partial charge in [-0.2, -0.15) is 55.2 Å². The van der Waals surface area contributed by atoms with Crippen LogP contribution in [0, 0.1) is 0 Å². The molecule has 1 aliphatic carbocycles. The number of hydrogen-bond donors (Lipinski definition) is 7. The number of nitrogens with zero attached hydrogens (tertiary/aromatic N) is 10. The molecule has 0 radical (unpaired) electrons. The largest absolute Gasteiger partial charge is 0.450 e. The Morgan fingerprint density at radius 1 is 0.692 bits per heavy atom. The van der Waals surface area contributed by atoms with Crippen LogP contribution in [0.25, 0.3) is 22.6 Å². The van der Waals surface area contributed by atoms with Crippen LogP contribution in [-0.2, 0) is 54.5 Å². The highest BCUT2D eigenvalue weighted by atomic mass is 35.5. The second kappa shape index (κ2) is 24.4. The number of sulfone groups is 2. The SMILES string of the molecule is C.CCCS(=O)(=O)CN(C)c1nc(Cl)nc(NCCN=c2ccc3nc4c(Cl)c5c(c(Cl)c4oc-3c2S(=O)(=O)O)Nc2ccc(NCCNc3nc(Cl)nc(N(C)CCS(=O)(=O)CCOS(=O)(=O)O)n3)c(S(=O)(=O)O)c2O5)n1. The van der Waals surface area contributed by atoms with Gasteiger partial charge < -0.3 is 40.2 Å². The third-order valence-electron chi connectivity index (χ3n) is 10.4. The van der Waals surface area contributed by atoms with E-state index in [1.54, 1.807) is 6.92 Å². The first-order valence-corrected chi connectivity index (χ1v) is 31.2. The summed E-state index contributed by atoms with van der Waals surface area (Å²) < 4.78 is 169. The van der Waals surface area contributed by atoms with Crippen molar-refractivity contribution >= 4 is 149 Å². The van der Waals surface area contributed by atoms with Crippen LogP contribution in [0.3, 0.4) is 0 Å². The molecule has 0 saturated heterocycles. The van der Waals surface area contributed by atoms with Crippen LogP contribution in [0.2, 0.25) is 20.6 Å². The van der Waals surface area contributed by atoms with Gasteiger partial charge in [0.25, 0.3) is 10.1 Å². The van der Waals surface area contributed by atoms with Gasteiger partial charge in [-0.1, -0.05) is 37.6 Å². The Hall–Kier alpha value is -5.57. The molecule has 7 rings (SSSR count). The number of anilines is 7. The fraction of sp³-hybridized carbons (Fsp3) is 0.385. The number of ether oxygens (including phenoxy) is 1. The Morgan fingerprint density at radius 3 is 1.92 bits per heavy atom. The molecular weight excluding hydrogens is 1220 g/mol. The first kappa shape index (κ1) is 61.6. The Morgan fingerprint density at radius 2 is 1.31 bits per heavy atom. The molecule has 0 amide bonds. The van der Waals surface area contributed by atoms with Gasteiger partial charge >= 0.3 is 20.5 Å². The third kappa shape index (κ3) is 15.2. The van der Waals surface area contributed by atoms with Crippen LogP contribution < -0.4 is 41.2 Å². The molecule has 7 N–H and O–H groups in total. The zero-order valence-corrected chi connectivity index (χ0v) is 46.9. The van der Waals surface area contributed by atoms with Gasteiger partial charge in [0.2, 0.25) is 34.4 Å². The molecule has 39 heteroatoms. The Labute approximate surface area is 466 Å². The van der Waals surface area contributed by atoms with Gasteiger partial charge in [-0.05, 0) is 53.9 Å². The molecule has 78 heavy (non-hydrogen) atoms.